The van der Waals surface area contributed by atoms with Crippen molar-refractivity contribution in [3.63, 3.8) is 0 Å². The zero-order chi connectivity index (χ0) is 18.9. The molecule has 2 aromatic rings. The second kappa shape index (κ2) is 6.83. The lowest BCUT2D eigenvalue weighted by molar-refractivity contribution is -0.207. The molecule has 0 spiro atoms. The Morgan fingerprint density at radius 3 is 2.62 bits per heavy atom. The van der Waals surface area contributed by atoms with Gasteiger partial charge in [-0.2, -0.15) is 0 Å². The van der Waals surface area contributed by atoms with Crippen molar-refractivity contribution < 1.29 is 28.9 Å². The average Bonchev–Trinajstić information content (AvgIpc) is 2.85. The van der Waals surface area contributed by atoms with Crippen LogP contribution in [-0.4, -0.2) is 50.4 Å². The van der Waals surface area contributed by atoms with Crippen LogP contribution in [0.3, 0.4) is 0 Å². The summed E-state index contributed by atoms with van der Waals surface area (Å²) in [6.07, 6.45) is -4.55. The molecule has 1 fully saturated rings. The second-order valence-electron chi connectivity index (χ2n) is 5.69. The maximum atomic E-state index is 14.9. The number of hydrogen-bond donors (Lipinski definition) is 3. The molecule has 9 nitrogen and oxygen atoms in total. The van der Waals surface area contributed by atoms with Crippen LogP contribution in [0.25, 0.3) is 0 Å². The number of aliphatic hydroxyl groups excluding tert-OH is 2. The lowest BCUT2D eigenvalue weighted by atomic mass is 10.1. The number of hydrogen-bond acceptors (Lipinski definition) is 7. The third-order valence-corrected chi connectivity index (χ3v) is 3.91. The summed E-state index contributed by atoms with van der Waals surface area (Å²) in [7, 11) is 0. The number of H-pyrrole nitrogens is 1. The third kappa shape index (κ3) is 3.29. The number of halogens is 1. The molecule has 4 atom stereocenters. The van der Waals surface area contributed by atoms with Crippen LogP contribution in [0, 0.1) is 0 Å². The summed E-state index contributed by atoms with van der Waals surface area (Å²) in [4.78, 5) is 36.7. The van der Waals surface area contributed by atoms with Crippen molar-refractivity contribution in [2.45, 2.75) is 24.3 Å². The Balaban J connectivity index is 1.76. The molecule has 0 radical (unpaired) electrons. The highest BCUT2D eigenvalue weighted by Crippen LogP contribution is 2.38. The molecule has 1 saturated heterocycles. The van der Waals surface area contributed by atoms with Crippen LogP contribution >= 0.6 is 0 Å². The first-order valence-electron chi connectivity index (χ1n) is 7.58. The van der Waals surface area contributed by atoms with E-state index in [4.69, 9.17) is 9.47 Å². The minimum Gasteiger partial charge on any atom is -0.456 e. The van der Waals surface area contributed by atoms with Crippen LogP contribution in [-0.2, 0) is 9.47 Å². The molecular formula is C16H15FN2O7. The van der Waals surface area contributed by atoms with Crippen LogP contribution in [0.4, 0.5) is 4.39 Å². The fourth-order valence-corrected chi connectivity index (χ4v) is 2.54. The van der Waals surface area contributed by atoms with Crippen LogP contribution in [0.1, 0.15) is 16.6 Å². The highest BCUT2D eigenvalue weighted by Gasteiger charge is 2.57. The number of carbonyl (C=O) groups is 1. The number of aliphatic hydroxyl groups is 2. The van der Waals surface area contributed by atoms with Gasteiger partial charge in [0, 0.05) is 12.3 Å². The van der Waals surface area contributed by atoms with Crippen LogP contribution in [0.15, 0.2) is 52.2 Å². The fraction of sp³-hybridized carbons (Fsp3) is 0.312. The number of esters is 1. The molecule has 1 aromatic carbocycles. The van der Waals surface area contributed by atoms with Crippen molar-refractivity contribution in [3.8, 4) is 0 Å². The van der Waals surface area contributed by atoms with Gasteiger partial charge in [0.2, 0.25) is 0 Å². The first-order valence-corrected chi connectivity index (χ1v) is 7.58. The van der Waals surface area contributed by atoms with E-state index in [-0.39, 0.29) is 5.56 Å². The minimum atomic E-state index is -2.94. The molecule has 10 heteroatoms. The van der Waals surface area contributed by atoms with E-state index in [9.17, 15) is 29.0 Å². The Kier molecular flexibility index (Phi) is 4.72. The van der Waals surface area contributed by atoms with Crippen molar-refractivity contribution in [2.75, 3.05) is 6.61 Å². The lowest BCUT2D eigenvalue weighted by Crippen LogP contribution is -2.43. The van der Waals surface area contributed by atoms with Gasteiger partial charge in [-0.3, -0.25) is 14.3 Å². The normalized spacial score (nSPS) is 28.0. The number of alkyl halides is 1. The van der Waals surface area contributed by atoms with Crippen molar-refractivity contribution >= 4 is 5.97 Å². The summed E-state index contributed by atoms with van der Waals surface area (Å²) < 4.78 is 25.4. The van der Waals surface area contributed by atoms with Gasteiger partial charge in [0.15, 0.2) is 12.8 Å². The molecular weight excluding hydrogens is 351 g/mol. The maximum absolute atomic E-state index is 14.9. The molecule has 0 bridgehead atoms. The molecule has 0 amide bonds. The number of aromatic amines is 1. The van der Waals surface area contributed by atoms with Gasteiger partial charge in [-0.05, 0) is 12.1 Å². The monoisotopic (exact) mass is 366 g/mol. The first kappa shape index (κ1) is 18.0. The standard InChI is InChI=1S/C16H15FN2O7/c17-16(8-25-14(23)9-4-2-1-3-5-9)12(22)11(21)13(26-16)19-7-6-10(20)18-15(19)24/h1-7,11-13,21-22H,8H2,(H,18,20,24)/t11-,12+,13-,16+/m1/s1. The van der Waals surface area contributed by atoms with E-state index in [1.807, 2.05) is 4.98 Å². The lowest BCUT2D eigenvalue weighted by Gasteiger charge is -2.22. The predicted molar refractivity (Wildman–Crippen MR) is 84.0 cm³/mol. The van der Waals surface area contributed by atoms with Gasteiger partial charge in [0.1, 0.15) is 12.2 Å². The minimum absolute atomic E-state index is 0.164. The van der Waals surface area contributed by atoms with Gasteiger partial charge in [-0.25, -0.2) is 14.0 Å². The summed E-state index contributed by atoms with van der Waals surface area (Å²) in [5, 5.41) is 20.0. The highest BCUT2D eigenvalue weighted by molar-refractivity contribution is 5.89. The summed E-state index contributed by atoms with van der Waals surface area (Å²) in [5.74, 6) is -3.79. The molecule has 138 valence electrons. The Hall–Kier alpha value is -2.82. The summed E-state index contributed by atoms with van der Waals surface area (Å²) >= 11 is 0. The number of benzene rings is 1. The Morgan fingerprint density at radius 1 is 1.27 bits per heavy atom. The molecule has 1 aliphatic heterocycles. The Morgan fingerprint density at radius 2 is 1.96 bits per heavy atom. The van der Waals surface area contributed by atoms with E-state index in [1.165, 1.54) is 12.1 Å². The van der Waals surface area contributed by atoms with Gasteiger partial charge in [0.05, 0.1) is 5.56 Å². The first-order chi connectivity index (χ1) is 12.3. The van der Waals surface area contributed by atoms with Gasteiger partial charge >= 0.3 is 11.7 Å². The van der Waals surface area contributed by atoms with E-state index in [2.05, 4.69) is 0 Å². The highest BCUT2D eigenvalue weighted by atomic mass is 19.2. The van der Waals surface area contributed by atoms with Crippen LogP contribution in [0.5, 0.6) is 0 Å². The zero-order valence-electron chi connectivity index (χ0n) is 13.2. The summed E-state index contributed by atoms with van der Waals surface area (Å²) in [6.45, 7) is -1.01. The van der Waals surface area contributed by atoms with Crippen LogP contribution < -0.4 is 11.2 Å². The predicted octanol–water partition coefficient (Wildman–Crippen LogP) is -0.690. The molecule has 0 unspecified atom stereocenters. The fourth-order valence-electron chi connectivity index (χ4n) is 2.54. The van der Waals surface area contributed by atoms with E-state index in [0.717, 1.165) is 16.8 Å². The Labute approximate surface area is 145 Å². The molecule has 0 saturated carbocycles. The number of rotatable bonds is 4. The third-order valence-electron chi connectivity index (χ3n) is 3.91. The van der Waals surface area contributed by atoms with Crippen LogP contribution in [0.2, 0.25) is 0 Å². The average molecular weight is 366 g/mol. The van der Waals surface area contributed by atoms with E-state index in [1.54, 1.807) is 18.2 Å². The molecule has 1 aromatic heterocycles. The number of aromatic nitrogens is 2. The molecule has 1 aliphatic rings. The molecule has 0 aliphatic carbocycles. The zero-order valence-corrected chi connectivity index (χ0v) is 13.2. The number of nitrogens with zero attached hydrogens (tertiary/aromatic N) is 1. The van der Waals surface area contributed by atoms with Gasteiger partial charge in [0.25, 0.3) is 11.4 Å². The topological polar surface area (TPSA) is 131 Å². The van der Waals surface area contributed by atoms with E-state index >= 15 is 0 Å². The molecule has 26 heavy (non-hydrogen) atoms. The van der Waals surface area contributed by atoms with Crippen molar-refractivity contribution in [1.29, 1.82) is 0 Å². The Bertz CT molecular complexity index is 913. The largest absolute Gasteiger partial charge is 0.456 e. The van der Waals surface area contributed by atoms with E-state index < -0.39 is 48.1 Å². The second-order valence-corrected chi connectivity index (χ2v) is 5.69. The quantitative estimate of drug-likeness (QED) is 0.611. The maximum Gasteiger partial charge on any atom is 0.338 e. The SMILES string of the molecule is O=C(OC[C@]1(F)O[C@@H](n2ccc(=O)[nH]c2=O)[C@H](O)[C@@H]1O)c1ccccc1. The van der Waals surface area contributed by atoms with Gasteiger partial charge < -0.3 is 19.7 Å². The van der Waals surface area contributed by atoms with Crippen molar-refractivity contribution in [3.05, 3.63) is 69.0 Å². The van der Waals surface area contributed by atoms with Gasteiger partial charge in [-0.1, -0.05) is 18.2 Å². The van der Waals surface area contributed by atoms with Crippen molar-refractivity contribution in [2.24, 2.45) is 0 Å². The molecule has 3 rings (SSSR count). The van der Waals surface area contributed by atoms with Crippen molar-refractivity contribution in [1.82, 2.24) is 9.55 Å². The number of nitrogens with one attached hydrogen (secondary N) is 1. The summed E-state index contributed by atoms with van der Waals surface area (Å²) in [6, 6.07) is 8.74. The van der Waals surface area contributed by atoms with Gasteiger partial charge in [-0.15, -0.1) is 0 Å². The molecule has 2 heterocycles. The summed E-state index contributed by atoms with van der Waals surface area (Å²) in [5.41, 5.74) is -1.49. The van der Waals surface area contributed by atoms with E-state index in [0.29, 0.717) is 0 Å². The number of carbonyl (C=O) groups excluding carboxylic acids is 1. The molecule has 3 N–H and O–H groups in total. The number of ether oxygens (including phenoxy) is 2. The smallest absolute Gasteiger partial charge is 0.338 e.